The molecule has 2 aromatic heterocycles. The molecule has 9 heteroatoms. The van der Waals surface area contributed by atoms with E-state index in [0.717, 1.165) is 6.26 Å². The predicted molar refractivity (Wildman–Crippen MR) is 83.9 cm³/mol. The Hall–Kier alpha value is -2.26. The summed E-state index contributed by atoms with van der Waals surface area (Å²) >= 11 is 1.22. The van der Waals surface area contributed by atoms with Gasteiger partial charge in [0.1, 0.15) is 5.69 Å². The standard InChI is InChI=1S/C13H12N4O3S2/c1-17-10(5-6-14-17)12(18)16-13-15-9-4-3-8(22(2,19)20)7-11(9)21-13/h3-7H,1-2H3,(H,15,16,18). The van der Waals surface area contributed by atoms with Crippen LogP contribution in [0.5, 0.6) is 0 Å². The van der Waals surface area contributed by atoms with Crippen LogP contribution in [0.3, 0.4) is 0 Å². The molecule has 0 unspecified atom stereocenters. The fourth-order valence-corrected chi connectivity index (χ4v) is 3.57. The van der Waals surface area contributed by atoms with E-state index in [0.29, 0.717) is 21.0 Å². The Morgan fingerprint density at radius 3 is 2.73 bits per heavy atom. The zero-order valence-corrected chi connectivity index (χ0v) is 13.4. The Labute approximate surface area is 130 Å². The van der Waals surface area contributed by atoms with E-state index < -0.39 is 9.84 Å². The minimum Gasteiger partial charge on any atom is -0.296 e. The minimum atomic E-state index is -3.27. The molecule has 0 spiro atoms. The number of hydrogen-bond acceptors (Lipinski definition) is 6. The first-order valence-electron chi connectivity index (χ1n) is 6.24. The summed E-state index contributed by atoms with van der Waals surface area (Å²) in [6, 6.07) is 6.29. The number of amides is 1. The van der Waals surface area contributed by atoms with E-state index >= 15 is 0 Å². The molecule has 1 aromatic carbocycles. The largest absolute Gasteiger partial charge is 0.296 e. The summed E-state index contributed by atoms with van der Waals surface area (Å²) in [5.41, 5.74) is 1.05. The van der Waals surface area contributed by atoms with Crippen LogP contribution >= 0.6 is 11.3 Å². The number of carbonyl (C=O) groups is 1. The molecule has 0 saturated carbocycles. The van der Waals surface area contributed by atoms with Gasteiger partial charge in [0.15, 0.2) is 15.0 Å². The number of nitrogens with zero attached hydrogens (tertiary/aromatic N) is 3. The van der Waals surface area contributed by atoms with Crippen molar-refractivity contribution >= 4 is 42.4 Å². The number of carbonyl (C=O) groups excluding carboxylic acids is 1. The van der Waals surface area contributed by atoms with Crippen molar-refractivity contribution in [1.82, 2.24) is 14.8 Å². The lowest BCUT2D eigenvalue weighted by Gasteiger charge is -2.00. The predicted octanol–water partition coefficient (Wildman–Crippen LogP) is 1.69. The van der Waals surface area contributed by atoms with Gasteiger partial charge in [-0.25, -0.2) is 13.4 Å². The van der Waals surface area contributed by atoms with Crippen LogP contribution < -0.4 is 5.32 Å². The van der Waals surface area contributed by atoms with Gasteiger partial charge < -0.3 is 0 Å². The maximum atomic E-state index is 12.1. The highest BCUT2D eigenvalue weighted by atomic mass is 32.2. The Bertz CT molecular complexity index is 972. The molecule has 0 aliphatic heterocycles. The molecule has 0 aliphatic carbocycles. The van der Waals surface area contributed by atoms with Crippen LogP contribution in [0.4, 0.5) is 5.13 Å². The molecule has 2 heterocycles. The molecule has 0 aliphatic rings. The van der Waals surface area contributed by atoms with E-state index in [1.54, 1.807) is 25.2 Å². The van der Waals surface area contributed by atoms with Crippen LogP contribution in [-0.4, -0.2) is 35.3 Å². The normalized spacial score (nSPS) is 11.7. The van der Waals surface area contributed by atoms with Crippen molar-refractivity contribution in [3.63, 3.8) is 0 Å². The van der Waals surface area contributed by atoms with E-state index in [1.807, 2.05) is 0 Å². The number of benzene rings is 1. The summed E-state index contributed by atoms with van der Waals surface area (Å²) in [4.78, 5) is 16.6. The van der Waals surface area contributed by atoms with Crippen molar-refractivity contribution in [1.29, 1.82) is 0 Å². The van der Waals surface area contributed by atoms with Crippen molar-refractivity contribution in [2.75, 3.05) is 11.6 Å². The van der Waals surface area contributed by atoms with Gasteiger partial charge in [-0.05, 0) is 24.3 Å². The van der Waals surface area contributed by atoms with Gasteiger partial charge in [-0.2, -0.15) is 5.10 Å². The second-order valence-corrected chi connectivity index (χ2v) is 7.76. The summed E-state index contributed by atoms with van der Waals surface area (Å²) in [7, 11) is -1.60. The maximum Gasteiger partial charge on any atom is 0.275 e. The van der Waals surface area contributed by atoms with E-state index in [4.69, 9.17) is 0 Å². The second-order valence-electron chi connectivity index (χ2n) is 4.71. The van der Waals surface area contributed by atoms with Gasteiger partial charge in [0, 0.05) is 19.5 Å². The van der Waals surface area contributed by atoms with Gasteiger partial charge in [0.05, 0.1) is 15.1 Å². The molecule has 114 valence electrons. The van der Waals surface area contributed by atoms with Crippen LogP contribution in [-0.2, 0) is 16.9 Å². The first kappa shape index (κ1) is 14.7. The SMILES string of the molecule is Cn1nccc1C(=O)Nc1nc2ccc(S(C)(=O)=O)cc2s1. The van der Waals surface area contributed by atoms with E-state index in [9.17, 15) is 13.2 Å². The number of hydrogen-bond donors (Lipinski definition) is 1. The molecule has 22 heavy (non-hydrogen) atoms. The second kappa shape index (κ2) is 5.18. The Balaban J connectivity index is 1.93. The fraction of sp³-hybridized carbons (Fsp3) is 0.154. The van der Waals surface area contributed by atoms with Gasteiger partial charge in [-0.1, -0.05) is 11.3 Å². The molecular weight excluding hydrogens is 324 g/mol. The van der Waals surface area contributed by atoms with Crippen molar-refractivity contribution in [3.05, 3.63) is 36.2 Å². The summed E-state index contributed by atoms with van der Waals surface area (Å²) < 4.78 is 25.3. The molecule has 0 radical (unpaired) electrons. The average Bonchev–Trinajstić information content (AvgIpc) is 3.01. The van der Waals surface area contributed by atoms with Gasteiger partial charge in [-0.15, -0.1) is 0 Å². The summed E-state index contributed by atoms with van der Waals surface area (Å²) in [6.45, 7) is 0. The molecule has 0 atom stereocenters. The number of nitrogens with one attached hydrogen (secondary N) is 1. The Kier molecular flexibility index (Phi) is 3.45. The molecule has 0 saturated heterocycles. The Morgan fingerprint density at radius 1 is 1.32 bits per heavy atom. The van der Waals surface area contributed by atoms with E-state index in [1.165, 1.54) is 28.3 Å². The molecule has 3 aromatic rings. The highest BCUT2D eigenvalue weighted by Crippen LogP contribution is 2.28. The average molecular weight is 336 g/mol. The summed E-state index contributed by atoms with van der Waals surface area (Å²) in [5.74, 6) is -0.317. The molecule has 7 nitrogen and oxygen atoms in total. The first-order valence-corrected chi connectivity index (χ1v) is 8.95. The first-order chi connectivity index (χ1) is 10.3. The highest BCUT2D eigenvalue weighted by Gasteiger charge is 2.14. The summed E-state index contributed by atoms with van der Waals surface area (Å²) in [6.07, 6.45) is 2.69. The Morgan fingerprint density at radius 2 is 2.09 bits per heavy atom. The molecule has 3 rings (SSSR count). The number of sulfone groups is 1. The number of aryl methyl sites for hydroxylation is 1. The zero-order valence-electron chi connectivity index (χ0n) is 11.8. The van der Waals surface area contributed by atoms with Crippen LogP contribution in [0.25, 0.3) is 10.2 Å². The van der Waals surface area contributed by atoms with Crippen LogP contribution in [0.1, 0.15) is 10.5 Å². The minimum absolute atomic E-state index is 0.230. The van der Waals surface area contributed by atoms with Crippen molar-refractivity contribution in [2.24, 2.45) is 7.05 Å². The molecule has 1 N–H and O–H groups in total. The zero-order chi connectivity index (χ0) is 15.9. The number of thiazole rings is 1. The van der Waals surface area contributed by atoms with Gasteiger partial charge >= 0.3 is 0 Å². The number of aromatic nitrogens is 3. The van der Waals surface area contributed by atoms with Gasteiger partial charge in [0.2, 0.25) is 0 Å². The third kappa shape index (κ3) is 2.72. The third-order valence-corrected chi connectivity index (χ3v) is 5.11. The van der Waals surface area contributed by atoms with Crippen LogP contribution in [0.2, 0.25) is 0 Å². The lowest BCUT2D eigenvalue weighted by Crippen LogP contribution is -2.15. The fourth-order valence-electron chi connectivity index (χ4n) is 1.95. The number of anilines is 1. The molecule has 0 fully saturated rings. The quantitative estimate of drug-likeness (QED) is 0.785. The maximum absolute atomic E-state index is 12.1. The molecular formula is C13H12N4O3S2. The van der Waals surface area contributed by atoms with Crippen molar-refractivity contribution in [3.8, 4) is 0 Å². The number of fused-ring (bicyclic) bond motifs is 1. The highest BCUT2D eigenvalue weighted by molar-refractivity contribution is 7.90. The lowest BCUT2D eigenvalue weighted by molar-refractivity contribution is 0.101. The van der Waals surface area contributed by atoms with Gasteiger partial charge in [0.25, 0.3) is 5.91 Å². The smallest absolute Gasteiger partial charge is 0.275 e. The monoisotopic (exact) mass is 336 g/mol. The van der Waals surface area contributed by atoms with Crippen LogP contribution in [0.15, 0.2) is 35.4 Å². The molecule has 0 bridgehead atoms. The van der Waals surface area contributed by atoms with Crippen LogP contribution in [0, 0.1) is 0 Å². The van der Waals surface area contributed by atoms with E-state index in [2.05, 4.69) is 15.4 Å². The number of rotatable bonds is 3. The van der Waals surface area contributed by atoms with E-state index in [-0.39, 0.29) is 10.8 Å². The lowest BCUT2D eigenvalue weighted by atomic mass is 10.3. The van der Waals surface area contributed by atoms with Gasteiger partial charge in [-0.3, -0.25) is 14.8 Å². The molecule has 1 amide bonds. The third-order valence-electron chi connectivity index (χ3n) is 3.06. The van der Waals surface area contributed by atoms with Crippen molar-refractivity contribution in [2.45, 2.75) is 4.90 Å². The summed E-state index contributed by atoms with van der Waals surface area (Å²) in [5, 5.41) is 7.03. The van der Waals surface area contributed by atoms with Crippen molar-refractivity contribution < 1.29 is 13.2 Å². The topological polar surface area (TPSA) is 93.9 Å².